The minimum atomic E-state index is -1.000. The van der Waals surface area contributed by atoms with Gasteiger partial charge < -0.3 is 14.6 Å². The van der Waals surface area contributed by atoms with Crippen molar-refractivity contribution in [1.82, 2.24) is 4.98 Å². The van der Waals surface area contributed by atoms with Gasteiger partial charge in [0.05, 0.1) is 35.0 Å². The first-order valence-electron chi connectivity index (χ1n) is 11.7. The Morgan fingerprint density at radius 1 is 1.00 bits per heavy atom. The Bertz CT molecular complexity index is 1530. The third-order valence-electron chi connectivity index (χ3n) is 5.92. The summed E-state index contributed by atoms with van der Waals surface area (Å²) in [6, 6.07) is 16.8. The first kappa shape index (κ1) is 24.5. The third-order valence-corrected chi connectivity index (χ3v) is 6.94. The largest absolute Gasteiger partial charge is 0.507 e. The number of rotatable bonds is 7. The number of hydrogen-bond acceptors (Lipinski definition) is 7. The average Bonchev–Trinajstić information content (AvgIpc) is 3.43. The van der Waals surface area contributed by atoms with Gasteiger partial charge in [-0.3, -0.25) is 14.5 Å². The molecular formula is C28H23FN2O5S. The fourth-order valence-corrected chi connectivity index (χ4v) is 5.34. The molecule has 1 saturated heterocycles. The smallest absolute Gasteiger partial charge is 0.301 e. The number of Topliss-reactive ketones (excluding diaryl/α,β-unsaturated/α-hetero) is 1. The van der Waals surface area contributed by atoms with Crippen molar-refractivity contribution in [1.29, 1.82) is 0 Å². The summed E-state index contributed by atoms with van der Waals surface area (Å²) in [5.41, 5.74) is 1.34. The van der Waals surface area contributed by atoms with Crippen molar-refractivity contribution in [3.63, 3.8) is 0 Å². The maximum atomic E-state index is 13.9. The number of carbonyl (C=O) groups is 2. The van der Waals surface area contributed by atoms with E-state index < -0.39 is 23.5 Å². The fraction of sp³-hybridized carbons (Fsp3) is 0.179. The Balaban J connectivity index is 1.73. The summed E-state index contributed by atoms with van der Waals surface area (Å²) >= 11 is 1.09. The highest BCUT2D eigenvalue weighted by atomic mass is 32.1. The number of fused-ring (bicyclic) bond motifs is 1. The third kappa shape index (κ3) is 4.42. The van der Waals surface area contributed by atoms with E-state index in [4.69, 9.17) is 9.47 Å². The maximum absolute atomic E-state index is 13.9. The molecule has 0 spiro atoms. The molecule has 0 bridgehead atoms. The molecule has 2 heterocycles. The molecule has 188 valence electrons. The molecule has 1 fully saturated rings. The van der Waals surface area contributed by atoms with Crippen molar-refractivity contribution >= 4 is 44.1 Å². The molecule has 3 aromatic carbocycles. The zero-order valence-electron chi connectivity index (χ0n) is 20.1. The molecule has 1 amide bonds. The zero-order valence-corrected chi connectivity index (χ0v) is 20.9. The highest BCUT2D eigenvalue weighted by Crippen LogP contribution is 2.46. The van der Waals surface area contributed by atoms with Crippen LogP contribution < -0.4 is 14.4 Å². The summed E-state index contributed by atoms with van der Waals surface area (Å²) in [5.74, 6) is -1.46. The van der Waals surface area contributed by atoms with Gasteiger partial charge >= 0.3 is 5.91 Å². The molecule has 9 heteroatoms. The Hall–Kier alpha value is -4.24. The van der Waals surface area contributed by atoms with Crippen molar-refractivity contribution in [2.24, 2.45) is 0 Å². The molecule has 4 aromatic rings. The number of aliphatic hydroxyl groups excluding tert-OH is 1. The molecular weight excluding hydrogens is 495 g/mol. The predicted molar refractivity (Wildman–Crippen MR) is 140 cm³/mol. The number of ketones is 1. The molecule has 1 aromatic heterocycles. The first-order valence-corrected chi connectivity index (χ1v) is 12.6. The average molecular weight is 519 g/mol. The monoisotopic (exact) mass is 518 g/mol. The molecule has 1 unspecified atom stereocenters. The van der Waals surface area contributed by atoms with Crippen LogP contribution in [0.3, 0.4) is 0 Å². The van der Waals surface area contributed by atoms with Gasteiger partial charge in [0, 0.05) is 5.56 Å². The van der Waals surface area contributed by atoms with Crippen LogP contribution in [0.1, 0.15) is 31.0 Å². The summed E-state index contributed by atoms with van der Waals surface area (Å²) in [7, 11) is 0. The molecule has 0 radical (unpaired) electrons. The second-order valence-electron chi connectivity index (χ2n) is 8.22. The number of nitrogens with zero attached hydrogens (tertiary/aromatic N) is 2. The number of amides is 1. The fourth-order valence-electron chi connectivity index (χ4n) is 4.32. The van der Waals surface area contributed by atoms with Crippen molar-refractivity contribution in [2.75, 3.05) is 18.1 Å². The number of halogens is 1. The van der Waals surface area contributed by atoms with Crippen molar-refractivity contribution in [3.05, 3.63) is 89.2 Å². The van der Waals surface area contributed by atoms with Gasteiger partial charge in [0.1, 0.15) is 11.6 Å². The van der Waals surface area contributed by atoms with Crippen molar-refractivity contribution in [2.45, 2.75) is 19.9 Å². The van der Waals surface area contributed by atoms with Crippen LogP contribution in [0, 0.1) is 5.82 Å². The normalized spacial score (nSPS) is 16.9. The Morgan fingerprint density at radius 3 is 2.46 bits per heavy atom. The minimum absolute atomic E-state index is 0.0757. The number of anilines is 1. The lowest BCUT2D eigenvalue weighted by atomic mass is 9.95. The van der Waals surface area contributed by atoms with Gasteiger partial charge in [0.2, 0.25) is 0 Å². The van der Waals surface area contributed by atoms with E-state index in [-0.39, 0.29) is 16.5 Å². The second-order valence-corrected chi connectivity index (χ2v) is 9.22. The minimum Gasteiger partial charge on any atom is -0.507 e. The molecule has 1 aliphatic heterocycles. The van der Waals surface area contributed by atoms with Gasteiger partial charge in [0.25, 0.3) is 5.78 Å². The van der Waals surface area contributed by atoms with E-state index in [0.717, 1.165) is 11.3 Å². The lowest BCUT2D eigenvalue weighted by molar-refractivity contribution is -0.132. The number of thiazole rings is 1. The number of aromatic nitrogens is 1. The standard InChI is InChI=1S/C28H23FN2O5S/c1-3-35-20-13-10-17(14-21(20)36-4-2)24-23(25(32)16-8-6-5-7-9-16)26(33)27(34)31(24)28-30-19-12-11-18(29)15-22(19)37-28/h5-15,24,32H,3-4H2,1-2H3/b25-23+. The van der Waals surface area contributed by atoms with Gasteiger partial charge in [-0.05, 0) is 49.7 Å². The van der Waals surface area contributed by atoms with Crippen LogP contribution in [0.25, 0.3) is 16.0 Å². The van der Waals surface area contributed by atoms with Crippen LogP contribution in [-0.2, 0) is 9.59 Å². The summed E-state index contributed by atoms with van der Waals surface area (Å²) in [5, 5.41) is 11.5. The van der Waals surface area contributed by atoms with E-state index >= 15 is 0 Å². The van der Waals surface area contributed by atoms with Gasteiger partial charge in [0.15, 0.2) is 16.6 Å². The quantitative estimate of drug-likeness (QED) is 0.187. The highest BCUT2D eigenvalue weighted by Gasteiger charge is 2.48. The predicted octanol–water partition coefficient (Wildman–Crippen LogP) is 5.86. The molecule has 0 saturated carbocycles. The highest BCUT2D eigenvalue weighted by molar-refractivity contribution is 7.22. The Labute approximate surface area is 216 Å². The topological polar surface area (TPSA) is 89.0 Å². The SMILES string of the molecule is CCOc1ccc(C2/C(=C(\O)c3ccccc3)C(=O)C(=O)N2c2nc3ccc(F)cc3s2)cc1OCC. The van der Waals surface area contributed by atoms with Gasteiger partial charge in [-0.1, -0.05) is 47.7 Å². The summed E-state index contributed by atoms with van der Waals surface area (Å²) in [6.45, 7) is 4.49. The van der Waals surface area contributed by atoms with E-state index in [1.165, 1.54) is 23.1 Å². The molecule has 1 aliphatic rings. The van der Waals surface area contributed by atoms with Gasteiger partial charge in [-0.15, -0.1) is 0 Å². The summed E-state index contributed by atoms with van der Waals surface area (Å²) < 4.78 is 25.8. The second kappa shape index (κ2) is 10.0. The van der Waals surface area contributed by atoms with Crippen LogP contribution >= 0.6 is 11.3 Å². The molecule has 1 atom stereocenters. The van der Waals surface area contributed by atoms with Crippen LogP contribution in [-0.4, -0.2) is 35.0 Å². The van der Waals surface area contributed by atoms with E-state index in [2.05, 4.69) is 4.98 Å². The van der Waals surface area contributed by atoms with E-state index in [0.29, 0.717) is 46.1 Å². The number of hydrogen-bond donors (Lipinski definition) is 1. The van der Waals surface area contributed by atoms with Crippen molar-refractivity contribution < 1.29 is 28.6 Å². The Kier molecular flexibility index (Phi) is 6.62. The van der Waals surface area contributed by atoms with E-state index in [9.17, 15) is 19.1 Å². The zero-order chi connectivity index (χ0) is 26.1. The summed E-state index contributed by atoms with van der Waals surface area (Å²) in [6.07, 6.45) is 0. The van der Waals surface area contributed by atoms with Crippen LogP contribution in [0.2, 0.25) is 0 Å². The number of benzene rings is 3. The van der Waals surface area contributed by atoms with E-state index in [1.54, 1.807) is 48.5 Å². The number of carbonyl (C=O) groups excluding carboxylic acids is 2. The molecule has 37 heavy (non-hydrogen) atoms. The molecule has 0 aliphatic carbocycles. The van der Waals surface area contributed by atoms with Crippen LogP contribution in [0.15, 0.2) is 72.3 Å². The molecule has 7 nitrogen and oxygen atoms in total. The molecule has 1 N–H and O–H groups in total. The summed E-state index contributed by atoms with van der Waals surface area (Å²) in [4.78, 5) is 32.6. The van der Waals surface area contributed by atoms with E-state index in [1.807, 2.05) is 13.8 Å². The maximum Gasteiger partial charge on any atom is 0.301 e. The van der Waals surface area contributed by atoms with Gasteiger partial charge in [-0.25, -0.2) is 9.37 Å². The van der Waals surface area contributed by atoms with Gasteiger partial charge in [-0.2, -0.15) is 0 Å². The number of ether oxygens (including phenoxy) is 2. The van der Waals surface area contributed by atoms with Crippen LogP contribution in [0.4, 0.5) is 9.52 Å². The Morgan fingerprint density at radius 2 is 1.73 bits per heavy atom. The lowest BCUT2D eigenvalue weighted by Crippen LogP contribution is -2.29. The first-order chi connectivity index (χ1) is 17.9. The number of aliphatic hydroxyl groups is 1. The lowest BCUT2D eigenvalue weighted by Gasteiger charge is -2.24. The molecule has 5 rings (SSSR count). The van der Waals surface area contributed by atoms with Crippen LogP contribution in [0.5, 0.6) is 11.5 Å². The van der Waals surface area contributed by atoms with Crippen molar-refractivity contribution in [3.8, 4) is 11.5 Å².